The number of sulfonamides is 1. The highest BCUT2D eigenvalue weighted by Crippen LogP contribution is 2.30. The highest BCUT2D eigenvalue weighted by molar-refractivity contribution is 7.93. The van der Waals surface area contributed by atoms with Crippen molar-refractivity contribution in [2.75, 3.05) is 18.0 Å². The molecule has 1 N–H and O–H groups in total. The van der Waals surface area contributed by atoms with E-state index in [1.165, 1.54) is 12.7 Å². The van der Waals surface area contributed by atoms with E-state index in [0.29, 0.717) is 5.69 Å². The van der Waals surface area contributed by atoms with Gasteiger partial charge in [-0.3, -0.25) is 9.10 Å². The Morgan fingerprint density at radius 1 is 1.00 bits per heavy atom. The first kappa shape index (κ1) is 24.3. The summed E-state index contributed by atoms with van der Waals surface area (Å²) in [6.45, 7) is 3.40. The average molecular weight is 467 g/mol. The molecule has 7 heteroatoms. The maximum absolute atomic E-state index is 13.7. The number of hydrogen-bond donors (Lipinski definition) is 1. The monoisotopic (exact) mass is 466 g/mol. The molecule has 0 aliphatic carbocycles. The molecule has 3 aromatic rings. The van der Waals surface area contributed by atoms with Crippen LogP contribution in [0.25, 0.3) is 0 Å². The first-order valence-electron chi connectivity index (χ1n) is 10.9. The predicted octanol–water partition coefficient (Wildman–Crippen LogP) is 4.34. The van der Waals surface area contributed by atoms with Gasteiger partial charge in [-0.05, 0) is 62.1 Å². The van der Waals surface area contributed by atoms with Crippen LogP contribution in [0.3, 0.4) is 0 Å². The minimum atomic E-state index is -4.06. The van der Waals surface area contributed by atoms with E-state index in [2.05, 4.69) is 5.32 Å². The van der Waals surface area contributed by atoms with Crippen LogP contribution < -0.4 is 14.4 Å². The number of anilines is 1. The summed E-state index contributed by atoms with van der Waals surface area (Å²) < 4.78 is 33.8. The van der Waals surface area contributed by atoms with E-state index < -0.39 is 10.0 Å². The number of rotatable bonds is 10. The summed E-state index contributed by atoms with van der Waals surface area (Å²) in [4.78, 5) is 12.9. The third-order valence-corrected chi connectivity index (χ3v) is 7.13. The maximum atomic E-state index is 13.7. The number of hydrogen-bond acceptors (Lipinski definition) is 4. The summed E-state index contributed by atoms with van der Waals surface area (Å²) in [5.41, 5.74) is 2.38. The van der Waals surface area contributed by atoms with Gasteiger partial charge in [-0.1, -0.05) is 54.6 Å². The smallest absolute Gasteiger partial charge is 0.268 e. The molecule has 3 rings (SSSR count). The Morgan fingerprint density at radius 2 is 1.64 bits per heavy atom. The van der Waals surface area contributed by atoms with Crippen molar-refractivity contribution in [1.29, 1.82) is 0 Å². The Labute approximate surface area is 196 Å². The van der Waals surface area contributed by atoms with E-state index in [4.69, 9.17) is 4.74 Å². The van der Waals surface area contributed by atoms with Crippen molar-refractivity contribution in [2.45, 2.75) is 37.6 Å². The highest BCUT2D eigenvalue weighted by atomic mass is 32.2. The van der Waals surface area contributed by atoms with Gasteiger partial charge in [-0.15, -0.1) is 0 Å². The largest absolute Gasteiger partial charge is 0.495 e. The zero-order valence-electron chi connectivity index (χ0n) is 19.2. The first-order chi connectivity index (χ1) is 15.8. The molecule has 0 unspecified atom stereocenters. The fraction of sp³-hybridized carbons (Fsp3) is 0.269. The van der Waals surface area contributed by atoms with Crippen LogP contribution in [0, 0.1) is 6.92 Å². The van der Waals surface area contributed by atoms with Crippen molar-refractivity contribution in [3.8, 4) is 5.75 Å². The van der Waals surface area contributed by atoms with Crippen LogP contribution in [0.5, 0.6) is 5.75 Å². The summed E-state index contributed by atoms with van der Waals surface area (Å²) in [7, 11) is -2.63. The number of aryl methyl sites for hydroxylation is 2. The van der Waals surface area contributed by atoms with Gasteiger partial charge in [-0.2, -0.15) is 0 Å². The number of amides is 1. The van der Waals surface area contributed by atoms with Gasteiger partial charge in [0.1, 0.15) is 17.2 Å². The Morgan fingerprint density at radius 3 is 2.27 bits per heavy atom. The number of ether oxygens (including phenoxy) is 1. The second kappa shape index (κ2) is 11.0. The minimum Gasteiger partial charge on any atom is -0.495 e. The first-order valence-corrected chi connectivity index (χ1v) is 12.3. The number of carbonyl (C=O) groups excluding carboxylic acids is 1. The van der Waals surface area contributed by atoms with Crippen LogP contribution >= 0.6 is 0 Å². The summed E-state index contributed by atoms with van der Waals surface area (Å²) in [6.07, 6.45) is 1.57. The SMILES string of the molecule is COc1ccc(C)cc1S(=O)(=O)N(CC(=O)N[C@H](C)CCc1ccccc1)c1ccccc1. The molecule has 0 bridgehead atoms. The van der Waals surface area contributed by atoms with E-state index in [-0.39, 0.29) is 29.1 Å². The molecule has 1 atom stereocenters. The molecule has 6 nitrogen and oxygen atoms in total. The Hall–Kier alpha value is -3.32. The summed E-state index contributed by atoms with van der Waals surface area (Å²) in [6, 6.07) is 23.5. The number of nitrogens with one attached hydrogen (secondary N) is 1. The van der Waals surface area contributed by atoms with Crippen molar-refractivity contribution < 1.29 is 17.9 Å². The predicted molar refractivity (Wildman–Crippen MR) is 131 cm³/mol. The summed E-state index contributed by atoms with van der Waals surface area (Å²) >= 11 is 0. The van der Waals surface area contributed by atoms with Crippen molar-refractivity contribution in [3.05, 3.63) is 90.0 Å². The molecular weight excluding hydrogens is 436 g/mol. The Kier molecular flexibility index (Phi) is 8.11. The molecule has 0 radical (unpaired) electrons. The minimum absolute atomic E-state index is 0.0266. The Balaban J connectivity index is 1.80. The normalized spacial score (nSPS) is 12.1. The molecule has 0 spiro atoms. The molecule has 33 heavy (non-hydrogen) atoms. The quantitative estimate of drug-likeness (QED) is 0.482. The van der Waals surface area contributed by atoms with Gasteiger partial charge in [0.15, 0.2) is 0 Å². The van der Waals surface area contributed by atoms with E-state index in [9.17, 15) is 13.2 Å². The number of methoxy groups -OCH3 is 1. The van der Waals surface area contributed by atoms with Crippen molar-refractivity contribution in [2.24, 2.45) is 0 Å². The summed E-state index contributed by atoms with van der Waals surface area (Å²) in [5, 5.41) is 2.94. The number of carbonyl (C=O) groups is 1. The summed E-state index contributed by atoms with van der Waals surface area (Å²) in [5.74, 6) is -0.132. The van der Waals surface area contributed by atoms with Crippen molar-refractivity contribution in [1.82, 2.24) is 5.32 Å². The third kappa shape index (κ3) is 6.35. The van der Waals surface area contributed by atoms with Crippen molar-refractivity contribution >= 4 is 21.6 Å². The fourth-order valence-electron chi connectivity index (χ4n) is 3.56. The second-order valence-electron chi connectivity index (χ2n) is 7.99. The average Bonchev–Trinajstić information content (AvgIpc) is 2.82. The van der Waals surface area contributed by atoms with Gasteiger partial charge in [0.05, 0.1) is 12.8 Å². The highest BCUT2D eigenvalue weighted by Gasteiger charge is 2.30. The molecule has 0 saturated carbocycles. The van der Waals surface area contributed by atoms with Crippen molar-refractivity contribution in [3.63, 3.8) is 0 Å². The lowest BCUT2D eigenvalue weighted by Crippen LogP contribution is -2.43. The van der Waals surface area contributed by atoms with Crippen LogP contribution in [0.4, 0.5) is 5.69 Å². The van der Waals surface area contributed by atoms with E-state index in [1.54, 1.807) is 48.5 Å². The molecule has 3 aromatic carbocycles. The van der Waals surface area contributed by atoms with Crippen LogP contribution in [0.15, 0.2) is 83.8 Å². The molecule has 0 fully saturated rings. The van der Waals surface area contributed by atoms with Crippen LogP contribution in [0.1, 0.15) is 24.5 Å². The molecule has 0 aliphatic heterocycles. The lowest BCUT2D eigenvalue weighted by Gasteiger charge is -2.26. The molecule has 0 heterocycles. The van der Waals surface area contributed by atoms with E-state index in [1.807, 2.05) is 44.2 Å². The van der Waals surface area contributed by atoms with Gasteiger partial charge in [0.2, 0.25) is 5.91 Å². The molecule has 1 amide bonds. The third-order valence-electron chi connectivity index (χ3n) is 5.33. The number of para-hydroxylation sites is 1. The zero-order valence-corrected chi connectivity index (χ0v) is 20.0. The lowest BCUT2D eigenvalue weighted by molar-refractivity contribution is -0.120. The molecule has 0 saturated heterocycles. The Bertz CT molecular complexity index is 1170. The van der Waals surface area contributed by atoms with Crippen LogP contribution in [-0.4, -0.2) is 34.0 Å². The second-order valence-corrected chi connectivity index (χ2v) is 9.83. The van der Waals surface area contributed by atoms with Gasteiger partial charge in [0, 0.05) is 6.04 Å². The molecule has 0 aliphatic rings. The standard InChI is InChI=1S/C26H30N2O4S/c1-20-14-17-24(32-3)25(18-20)33(30,31)28(23-12-8-5-9-13-23)19-26(29)27-21(2)15-16-22-10-6-4-7-11-22/h4-14,17-18,21H,15-16,19H2,1-3H3,(H,27,29)/t21-/m1/s1. The van der Waals surface area contributed by atoms with E-state index in [0.717, 1.165) is 22.7 Å². The number of benzene rings is 3. The van der Waals surface area contributed by atoms with Gasteiger partial charge in [0.25, 0.3) is 10.0 Å². The van der Waals surface area contributed by atoms with E-state index >= 15 is 0 Å². The van der Waals surface area contributed by atoms with Crippen LogP contribution in [0.2, 0.25) is 0 Å². The number of nitrogens with zero attached hydrogens (tertiary/aromatic N) is 1. The zero-order chi connectivity index (χ0) is 23.8. The van der Waals surface area contributed by atoms with Crippen LogP contribution in [-0.2, 0) is 21.2 Å². The molecular formula is C26H30N2O4S. The molecule has 174 valence electrons. The fourth-order valence-corrected chi connectivity index (χ4v) is 5.23. The van der Waals surface area contributed by atoms with Gasteiger partial charge < -0.3 is 10.1 Å². The van der Waals surface area contributed by atoms with Gasteiger partial charge in [-0.25, -0.2) is 8.42 Å². The molecule has 0 aromatic heterocycles. The maximum Gasteiger partial charge on any atom is 0.268 e. The van der Waals surface area contributed by atoms with Gasteiger partial charge >= 0.3 is 0 Å². The lowest BCUT2D eigenvalue weighted by atomic mass is 10.1. The topological polar surface area (TPSA) is 75.7 Å².